The first-order chi connectivity index (χ1) is 8.51. The van der Waals surface area contributed by atoms with Gasteiger partial charge in [0.1, 0.15) is 17.4 Å². The zero-order chi connectivity index (χ0) is 13.7. The van der Waals surface area contributed by atoms with Gasteiger partial charge in [0.2, 0.25) is 0 Å². The highest BCUT2D eigenvalue weighted by Gasteiger charge is 2.20. The molecule has 18 heavy (non-hydrogen) atoms. The molecule has 5 heteroatoms. The van der Waals surface area contributed by atoms with E-state index in [1.807, 2.05) is 13.0 Å². The van der Waals surface area contributed by atoms with Crippen LogP contribution >= 0.6 is 0 Å². The van der Waals surface area contributed by atoms with E-state index >= 15 is 0 Å². The molecule has 0 aliphatic carbocycles. The second-order valence-corrected chi connectivity index (χ2v) is 3.90. The number of nitriles is 1. The molecule has 0 unspecified atom stereocenters. The molecule has 0 amide bonds. The van der Waals surface area contributed by atoms with Gasteiger partial charge in [0.15, 0.2) is 0 Å². The third kappa shape index (κ3) is 2.92. The number of nitrogens with two attached hydrogens (primary N) is 1. The standard InChI is InChI=1S/C13H16N2O3/c1-4-17-10-6-5-9(7-14)11(12(10)15)13(16)18-8(2)3/h5-6,8H,4,15H2,1-3H3. The van der Waals surface area contributed by atoms with Gasteiger partial charge in [0.05, 0.1) is 24.0 Å². The number of benzene rings is 1. The Morgan fingerprint density at radius 1 is 1.50 bits per heavy atom. The number of nitrogen functional groups attached to an aromatic ring is 1. The maximum Gasteiger partial charge on any atom is 0.341 e. The second kappa shape index (κ2) is 5.92. The molecule has 0 saturated carbocycles. The Kier molecular flexibility index (Phi) is 4.55. The molecular weight excluding hydrogens is 232 g/mol. The Hall–Kier alpha value is -2.22. The lowest BCUT2D eigenvalue weighted by molar-refractivity contribution is 0.0378. The highest BCUT2D eigenvalue weighted by molar-refractivity contribution is 5.99. The molecule has 0 aliphatic heterocycles. The first kappa shape index (κ1) is 13.8. The van der Waals surface area contributed by atoms with Crippen LogP contribution in [0, 0.1) is 11.3 Å². The van der Waals surface area contributed by atoms with Gasteiger partial charge >= 0.3 is 5.97 Å². The monoisotopic (exact) mass is 248 g/mol. The average Bonchev–Trinajstić information content (AvgIpc) is 2.30. The topological polar surface area (TPSA) is 85.3 Å². The van der Waals surface area contributed by atoms with E-state index in [0.29, 0.717) is 12.4 Å². The molecule has 0 aromatic heterocycles. The van der Waals surface area contributed by atoms with Crippen LogP contribution < -0.4 is 10.5 Å². The predicted molar refractivity (Wildman–Crippen MR) is 67.3 cm³/mol. The van der Waals surface area contributed by atoms with Crippen LogP contribution in [0.2, 0.25) is 0 Å². The van der Waals surface area contributed by atoms with E-state index in [4.69, 9.17) is 20.5 Å². The van der Waals surface area contributed by atoms with E-state index < -0.39 is 5.97 Å². The Balaban J connectivity index is 3.26. The van der Waals surface area contributed by atoms with Crippen molar-refractivity contribution in [1.82, 2.24) is 0 Å². The summed E-state index contributed by atoms with van der Waals surface area (Å²) in [6.45, 7) is 5.69. The van der Waals surface area contributed by atoms with Gasteiger partial charge in [-0.15, -0.1) is 0 Å². The molecule has 96 valence electrons. The SMILES string of the molecule is CCOc1ccc(C#N)c(C(=O)OC(C)C)c1N. The van der Waals surface area contributed by atoms with Crippen LogP contribution in [0.3, 0.4) is 0 Å². The lowest BCUT2D eigenvalue weighted by atomic mass is 10.1. The molecule has 0 saturated heterocycles. The Bertz CT molecular complexity index is 490. The first-order valence-electron chi connectivity index (χ1n) is 5.67. The molecule has 2 N–H and O–H groups in total. The Labute approximate surface area is 106 Å². The summed E-state index contributed by atoms with van der Waals surface area (Å²) in [6, 6.07) is 4.99. The van der Waals surface area contributed by atoms with Gasteiger partial charge in [-0.2, -0.15) is 5.26 Å². The number of ether oxygens (including phenoxy) is 2. The quantitative estimate of drug-likeness (QED) is 0.651. The minimum Gasteiger partial charge on any atom is -0.492 e. The summed E-state index contributed by atoms with van der Waals surface area (Å²) >= 11 is 0. The number of anilines is 1. The van der Waals surface area contributed by atoms with Gasteiger partial charge in [-0.3, -0.25) is 0 Å². The highest BCUT2D eigenvalue weighted by Crippen LogP contribution is 2.29. The number of carbonyl (C=O) groups excluding carboxylic acids is 1. The normalized spacial score (nSPS) is 9.94. The molecule has 0 heterocycles. The molecule has 0 bridgehead atoms. The summed E-state index contributed by atoms with van der Waals surface area (Å²) in [5.74, 6) is -0.229. The van der Waals surface area contributed by atoms with Crippen molar-refractivity contribution in [2.24, 2.45) is 0 Å². The third-order valence-electron chi connectivity index (χ3n) is 2.17. The highest BCUT2D eigenvalue weighted by atomic mass is 16.5. The number of esters is 1. The smallest absolute Gasteiger partial charge is 0.341 e. The number of hydrogen-bond donors (Lipinski definition) is 1. The number of carbonyl (C=O) groups is 1. The molecule has 1 aromatic carbocycles. The number of nitrogens with zero attached hydrogens (tertiary/aromatic N) is 1. The summed E-state index contributed by atoms with van der Waals surface area (Å²) < 4.78 is 10.4. The second-order valence-electron chi connectivity index (χ2n) is 3.90. The van der Waals surface area contributed by atoms with Crippen molar-refractivity contribution >= 4 is 11.7 Å². The van der Waals surface area contributed by atoms with Crippen molar-refractivity contribution in [2.75, 3.05) is 12.3 Å². The lowest BCUT2D eigenvalue weighted by Gasteiger charge is -2.13. The molecule has 0 spiro atoms. The van der Waals surface area contributed by atoms with Crippen LogP contribution in [0.1, 0.15) is 36.7 Å². The maximum absolute atomic E-state index is 11.9. The van der Waals surface area contributed by atoms with Crippen LogP contribution in [-0.4, -0.2) is 18.7 Å². The van der Waals surface area contributed by atoms with Gasteiger partial charge in [-0.05, 0) is 32.9 Å². The van der Waals surface area contributed by atoms with Gasteiger partial charge in [0.25, 0.3) is 0 Å². The summed E-state index contributed by atoms with van der Waals surface area (Å²) in [4.78, 5) is 11.9. The van der Waals surface area contributed by atoms with E-state index in [1.165, 1.54) is 6.07 Å². The largest absolute Gasteiger partial charge is 0.492 e. The molecule has 0 radical (unpaired) electrons. The summed E-state index contributed by atoms with van der Waals surface area (Å²) in [6.07, 6.45) is -0.279. The molecule has 0 fully saturated rings. The van der Waals surface area contributed by atoms with Gasteiger partial charge in [-0.25, -0.2) is 4.79 Å². The fourth-order valence-corrected chi connectivity index (χ4v) is 1.47. The van der Waals surface area contributed by atoms with Crippen LogP contribution in [0.25, 0.3) is 0 Å². The van der Waals surface area contributed by atoms with Gasteiger partial charge in [-0.1, -0.05) is 0 Å². The van der Waals surface area contributed by atoms with Crippen LogP contribution in [0.4, 0.5) is 5.69 Å². The molecule has 1 rings (SSSR count). The van der Waals surface area contributed by atoms with E-state index in [-0.39, 0.29) is 22.9 Å². The maximum atomic E-state index is 11.9. The third-order valence-corrected chi connectivity index (χ3v) is 2.17. The van der Waals surface area contributed by atoms with Crippen molar-refractivity contribution in [3.8, 4) is 11.8 Å². The van der Waals surface area contributed by atoms with Crippen molar-refractivity contribution in [3.63, 3.8) is 0 Å². The zero-order valence-electron chi connectivity index (χ0n) is 10.7. The van der Waals surface area contributed by atoms with E-state index in [9.17, 15) is 4.79 Å². The number of hydrogen-bond acceptors (Lipinski definition) is 5. The first-order valence-corrected chi connectivity index (χ1v) is 5.67. The van der Waals surface area contributed by atoms with E-state index in [0.717, 1.165) is 0 Å². The van der Waals surface area contributed by atoms with Gasteiger partial charge in [0, 0.05) is 0 Å². The van der Waals surface area contributed by atoms with Crippen molar-refractivity contribution in [3.05, 3.63) is 23.3 Å². The Morgan fingerprint density at radius 3 is 2.67 bits per heavy atom. The average molecular weight is 248 g/mol. The number of rotatable bonds is 4. The predicted octanol–water partition coefficient (Wildman–Crippen LogP) is 2.10. The Morgan fingerprint density at radius 2 is 2.17 bits per heavy atom. The minimum absolute atomic E-state index is 0.0668. The van der Waals surface area contributed by atoms with Crippen LogP contribution in [0.5, 0.6) is 5.75 Å². The fraction of sp³-hybridized carbons (Fsp3) is 0.385. The minimum atomic E-state index is -0.611. The van der Waals surface area contributed by atoms with Crippen LogP contribution in [-0.2, 0) is 4.74 Å². The van der Waals surface area contributed by atoms with Crippen molar-refractivity contribution < 1.29 is 14.3 Å². The molecular formula is C13H16N2O3. The summed E-state index contributed by atoms with van der Waals surface area (Å²) in [5.41, 5.74) is 6.23. The fourth-order valence-electron chi connectivity index (χ4n) is 1.47. The van der Waals surface area contributed by atoms with E-state index in [2.05, 4.69) is 0 Å². The molecule has 0 aliphatic rings. The molecule has 1 aromatic rings. The summed E-state index contributed by atoms with van der Waals surface area (Å²) in [5, 5.41) is 8.99. The molecule has 0 atom stereocenters. The zero-order valence-corrected chi connectivity index (χ0v) is 10.7. The van der Waals surface area contributed by atoms with Crippen LogP contribution in [0.15, 0.2) is 12.1 Å². The lowest BCUT2D eigenvalue weighted by Crippen LogP contribution is -2.15. The van der Waals surface area contributed by atoms with Crippen molar-refractivity contribution in [1.29, 1.82) is 5.26 Å². The van der Waals surface area contributed by atoms with Gasteiger partial charge < -0.3 is 15.2 Å². The van der Waals surface area contributed by atoms with E-state index in [1.54, 1.807) is 19.9 Å². The van der Waals surface area contributed by atoms with Crippen molar-refractivity contribution in [2.45, 2.75) is 26.9 Å². The molecule has 5 nitrogen and oxygen atoms in total. The summed E-state index contributed by atoms with van der Waals surface area (Å²) in [7, 11) is 0.